The van der Waals surface area contributed by atoms with Crippen molar-refractivity contribution in [2.24, 2.45) is 0 Å². The SMILES string of the molecule is COc1ccccc1C(C)(C)C(=O)Nc1nc(C(C)C)cs1. The molecule has 22 heavy (non-hydrogen) atoms. The van der Waals surface area contributed by atoms with E-state index in [1.165, 1.54) is 11.3 Å². The molecule has 2 aromatic rings. The molecule has 4 nitrogen and oxygen atoms in total. The Morgan fingerprint density at radius 2 is 2.00 bits per heavy atom. The highest BCUT2D eigenvalue weighted by Gasteiger charge is 2.33. The van der Waals surface area contributed by atoms with Crippen LogP contribution in [0.15, 0.2) is 29.6 Å². The molecule has 0 fully saturated rings. The Balaban J connectivity index is 2.22. The van der Waals surface area contributed by atoms with Crippen LogP contribution < -0.4 is 10.1 Å². The molecule has 1 amide bonds. The first kappa shape index (κ1) is 16.5. The third-order valence-corrected chi connectivity index (χ3v) is 4.46. The molecule has 1 heterocycles. The Bertz CT molecular complexity index is 662. The van der Waals surface area contributed by atoms with Gasteiger partial charge in [-0.2, -0.15) is 0 Å². The number of carbonyl (C=O) groups is 1. The van der Waals surface area contributed by atoms with Gasteiger partial charge in [-0.15, -0.1) is 11.3 Å². The van der Waals surface area contributed by atoms with Gasteiger partial charge in [-0.1, -0.05) is 32.0 Å². The summed E-state index contributed by atoms with van der Waals surface area (Å²) in [5.41, 5.74) is 1.14. The van der Waals surface area contributed by atoms with E-state index in [0.717, 1.165) is 11.3 Å². The number of carbonyl (C=O) groups excluding carboxylic acids is 1. The normalized spacial score (nSPS) is 11.5. The van der Waals surface area contributed by atoms with Gasteiger partial charge < -0.3 is 10.1 Å². The molecule has 0 radical (unpaired) electrons. The zero-order valence-electron chi connectivity index (χ0n) is 13.6. The molecular weight excluding hydrogens is 296 g/mol. The standard InChI is InChI=1S/C17H22N2O2S/c1-11(2)13-10-22-16(18-13)19-15(20)17(3,4)12-8-6-7-9-14(12)21-5/h6-11H,1-5H3,(H,18,19,20). The first-order valence-corrected chi connectivity index (χ1v) is 8.14. The first-order valence-electron chi connectivity index (χ1n) is 7.26. The van der Waals surface area contributed by atoms with Crippen LogP contribution in [0.2, 0.25) is 0 Å². The number of ether oxygens (including phenoxy) is 1. The summed E-state index contributed by atoms with van der Waals surface area (Å²) in [6, 6.07) is 7.59. The van der Waals surface area contributed by atoms with E-state index in [2.05, 4.69) is 24.1 Å². The minimum atomic E-state index is -0.712. The molecule has 0 aliphatic rings. The van der Waals surface area contributed by atoms with E-state index in [1.807, 2.05) is 43.5 Å². The summed E-state index contributed by atoms with van der Waals surface area (Å²) in [5, 5.41) is 5.54. The van der Waals surface area contributed by atoms with Gasteiger partial charge >= 0.3 is 0 Å². The van der Waals surface area contributed by atoms with Crippen molar-refractivity contribution in [3.8, 4) is 5.75 Å². The number of hydrogen-bond donors (Lipinski definition) is 1. The number of anilines is 1. The van der Waals surface area contributed by atoms with Crippen molar-refractivity contribution >= 4 is 22.4 Å². The zero-order chi connectivity index (χ0) is 16.3. The van der Waals surface area contributed by atoms with Crippen molar-refractivity contribution in [2.75, 3.05) is 12.4 Å². The highest BCUT2D eigenvalue weighted by Crippen LogP contribution is 2.33. The number of thiazole rings is 1. The molecule has 0 spiro atoms. The van der Waals surface area contributed by atoms with Crippen LogP contribution in [0, 0.1) is 0 Å². The minimum Gasteiger partial charge on any atom is -0.496 e. The van der Waals surface area contributed by atoms with E-state index in [-0.39, 0.29) is 5.91 Å². The number of benzene rings is 1. The summed E-state index contributed by atoms with van der Waals surface area (Å²) in [6.07, 6.45) is 0. The van der Waals surface area contributed by atoms with E-state index < -0.39 is 5.41 Å². The molecular formula is C17H22N2O2S. The lowest BCUT2D eigenvalue weighted by Gasteiger charge is -2.25. The second-order valence-corrected chi connectivity index (χ2v) is 6.87. The highest BCUT2D eigenvalue weighted by molar-refractivity contribution is 7.13. The van der Waals surface area contributed by atoms with Crippen LogP contribution in [-0.4, -0.2) is 18.0 Å². The van der Waals surface area contributed by atoms with Gasteiger partial charge in [0, 0.05) is 10.9 Å². The van der Waals surface area contributed by atoms with Gasteiger partial charge in [0.15, 0.2) is 5.13 Å². The first-order chi connectivity index (χ1) is 10.4. The van der Waals surface area contributed by atoms with Crippen LogP contribution in [0.3, 0.4) is 0 Å². The molecule has 0 aliphatic carbocycles. The predicted molar refractivity (Wildman–Crippen MR) is 90.9 cm³/mol. The molecule has 118 valence electrons. The summed E-state index contributed by atoms with van der Waals surface area (Å²) < 4.78 is 5.37. The van der Waals surface area contributed by atoms with Gasteiger partial charge in [0.1, 0.15) is 5.75 Å². The second kappa shape index (κ2) is 6.48. The Labute approximate surface area is 135 Å². The second-order valence-electron chi connectivity index (χ2n) is 6.01. The van der Waals surface area contributed by atoms with Crippen LogP contribution in [-0.2, 0) is 10.2 Å². The van der Waals surface area contributed by atoms with Crippen molar-refractivity contribution < 1.29 is 9.53 Å². The molecule has 1 aromatic heterocycles. The van der Waals surface area contributed by atoms with E-state index >= 15 is 0 Å². The van der Waals surface area contributed by atoms with E-state index in [1.54, 1.807) is 7.11 Å². The Morgan fingerprint density at radius 1 is 1.32 bits per heavy atom. The number of hydrogen-bond acceptors (Lipinski definition) is 4. The van der Waals surface area contributed by atoms with Crippen LogP contribution >= 0.6 is 11.3 Å². The fourth-order valence-corrected chi connectivity index (χ4v) is 3.01. The summed E-state index contributed by atoms with van der Waals surface area (Å²) in [4.78, 5) is 17.1. The smallest absolute Gasteiger partial charge is 0.236 e. The number of amides is 1. The van der Waals surface area contributed by atoms with Gasteiger partial charge in [-0.3, -0.25) is 4.79 Å². The van der Waals surface area contributed by atoms with Crippen LogP contribution in [0.4, 0.5) is 5.13 Å². The molecule has 2 rings (SSSR count). The number of nitrogens with zero attached hydrogens (tertiary/aromatic N) is 1. The fourth-order valence-electron chi connectivity index (χ4n) is 2.15. The summed E-state index contributed by atoms with van der Waals surface area (Å²) >= 11 is 1.45. The summed E-state index contributed by atoms with van der Waals surface area (Å²) in [6.45, 7) is 7.94. The van der Waals surface area contributed by atoms with Gasteiger partial charge in [0.05, 0.1) is 18.2 Å². The molecule has 0 atom stereocenters. The maximum atomic E-state index is 12.7. The number of para-hydroxylation sites is 1. The predicted octanol–water partition coefficient (Wildman–Crippen LogP) is 4.19. The van der Waals surface area contributed by atoms with Gasteiger partial charge in [-0.25, -0.2) is 4.98 Å². The molecule has 1 N–H and O–H groups in total. The largest absolute Gasteiger partial charge is 0.496 e. The topological polar surface area (TPSA) is 51.2 Å². The average Bonchev–Trinajstić information content (AvgIpc) is 2.95. The van der Waals surface area contributed by atoms with Crippen LogP contribution in [0.1, 0.15) is 44.9 Å². The van der Waals surface area contributed by atoms with Crippen molar-refractivity contribution in [2.45, 2.75) is 39.0 Å². The van der Waals surface area contributed by atoms with Crippen LogP contribution in [0.25, 0.3) is 0 Å². The van der Waals surface area contributed by atoms with Crippen molar-refractivity contribution in [1.29, 1.82) is 0 Å². The van der Waals surface area contributed by atoms with Crippen LogP contribution in [0.5, 0.6) is 5.75 Å². The lowest BCUT2D eigenvalue weighted by molar-refractivity contribution is -0.120. The third-order valence-electron chi connectivity index (χ3n) is 3.68. The molecule has 1 aromatic carbocycles. The van der Waals surface area contributed by atoms with Gasteiger partial charge in [-0.05, 0) is 25.8 Å². The maximum Gasteiger partial charge on any atom is 0.236 e. The molecule has 0 unspecified atom stereocenters. The molecule has 0 bridgehead atoms. The van der Waals surface area contributed by atoms with Gasteiger partial charge in [0.2, 0.25) is 5.91 Å². The Hall–Kier alpha value is -1.88. The maximum absolute atomic E-state index is 12.7. The van der Waals surface area contributed by atoms with E-state index in [9.17, 15) is 4.79 Å². The number of rotatable bonds is 5. The van der Waals surface area contributed by atoms with E-state index in [4.69, 9.17) is 4.74 Å². The summed E-state index contributed by atoms with van der Waals surface area (Å²) in [7, 11) is 1.61. The van der Waals surface area contributed by atoms with Crippen molar-refractivity contribution in [3.63, 3.8) is 0 Å². The van der Waals surface area contributed by atoms with Crippen molar-refractivity contribution in [1.82, 2.24) is 4.98 Å². The highest BCUT2D eigenvalue weighted by atomic mass is 32.1. The van der Waals surface area contributed by atoms with Gasteiger partial charge in [0.25, 0.3) is 0 Å². The number of nitrogens with one attached hydrogen (secondary N) is 1. The Kier molecular flexibility index (Phi) is 4.86. The average molecular weight is 318 g/mol. The number of methoxy groups -OCH3 is 1. The Morgan fingerprint density at radius 3 is 2.59 bits per heavy atom. The third kappa shape index (κ3) is 3.30. The lowest BCUT2D eigenvalue weighted by Crippen LogP contribution is -2.35. The summed E-state index contributed by atoms with van der Waals surface area (Å²) in [5.74, 6) is 0.968. The monoisotopic (exact) mass is 318 g/mol. The minimum absolute atomic E-state index is 0.0957. The quantitative estimate of drug-likeness (QED) is 0.899. The zero-order valence-corrected chi connectivity index (χ0v) is 14.5. The fraction of sp³-hybridized carbons (Fsp3) is 0.412. The lowest BCUT2D eigenvalue weighted by atomic mass is 9.83. The molecule has 0 aliphatic heterocycles. The molecule has 5 heteroatoms. The molecule has 0 saturated heterocycles. The number of aromatic nitrogens is 1. The van der Waals surface area contributed by atoms with Crippen molar-refractivity contribution in [3.05, 3.63) is 40.9 Å². The van der Waals surface area contributed by atoms with E-state index in [0.29, 0.717) is 16.8 Å². The molecule has 0 saturated carbocycles.